The van der Waals surface area contributed by atoms with E-state index in [4.69, 9.17) is 0 Å². The van der Waals surface area contributed by atoms with Gasteiger partial charge in [0.1, 0.15) is 17.5 Å². The Labute approximate surface area is 161 Å². The first kappa shape index (κ1) is 17.7. The van der Waals surface area contributed by atoms with Gasteiger partial charge in [-0.25, -0.2) is 14.9 Å². The number of rotatable bonds is 3. The Bertz CT molecular complexity index is 1060. The highest BCUT2D eigenvalue weighted by molar-refractivity contribution is 6.23. The zero-order valence-corrected chi connectivity index (χ0v) is 15.7. The molecule has 0 aromatic heterocycles. The monoisotopic (exact) mass is 374 g/mol. The Hall–Kier alpha value is -3.68. The van der Waals surface area contributed by atoms with Crippen molar-refractivity contribution in [2.75, 3.05) is 0 Å². The van der Waals surface area contributed by atoms with Gasteiger partial charge in [0.05, 0.1) is 4.92 Å². The van der Waals surface area contributed by atoms with E-state index in [1.165, 1.54) is 12.1 Å². The van der Waals surface area contributed by atoms with Gasteiger partial charge in [-0.15, -0.1) is 0 Å². The molecule has 0 saturated heterocycles. The van der Waals surface area contributed by atoms with E-state index in [1.54, 1.807) is 18.2 Å². The van der Waals surface area contributed by atoms with Gasteiger partial charge in [0.15, 0.2) is 5.84 Å². The Morgan fingerprint density at radius 3 is 2.46 bits per heavy atom. The average molecular weight is 374 g/mol. The number of aliphatic imine (C=N–C) groups is 4. The quantitative estimate of drug-likeness (QED) is 0.592. The summed E-state index contributed by atoms with van der Waals surface area (Å²) >= 11 is 0. The van der Waals surface area contributed by atoms with Gasteiger partial charge in [-0.3, -0.25) is 10.1 Å². The number of hydrogen-bond acceptors (Lipinski definition) is 7. The largest absolute Gasteiger partial charge is 0.269 e. The number of benzene rings is 1. The summed E-state index contributed by atoms with van der Waals surface area (Å²) in [7, 11) is 0. The van der Waals surface area contributed by atoms with E-state index in [2.05, 4.69) is 40.7 Å². The third kappa shape index (κ3) is 3.32. The highest BCUT2D eigenvalue weighted by Crippen LogP contribution is 2.28. The van der Waals surface area contributed by atoms with E-state index in [1.807, 2.05) is 29.2 Å². The smallest absolute Gasteiger partial charge is 0.258 e. The fraction of sp³-hybridized carbons (Fsp3) is 0.200. The SMILES string of the molecule is CC(C)(C)C1=NC2=CC=CC3=NC(/C=C/c4ccc([N+](=O)[O-])cc4)=NC(=N1)N23. The second kappa shape index (κ2) is 6.49. The minimum Gasteiger partial charge on any atom is -0.258 e. The summed E-state index contributed by atoms with van der Waals surface area (Å²) in [6.45, 7) is 6.17. The molecule has 3 aliphatic rings. The Morgan fingerprint density at radius 2 is 1.79 bits per heavy atom. The molecule has 3 heterocycles. The van der Waals surface area contributed by atoms with Crippen molar-refractivity contribution in [3.05, 3.63) is 70.1 Å². The van der Waals surface area contributed by atoms with Crippen molar-refractivity contribution in [2.24, 2.45) is 25.4 Å². The molecule has 0 fully saturated rings. The zero-order chi connectivity index (χ0) is 19.9. The van der Waals surface area contributed by atoms with Crippen LogP contribution in [-0.4, -0.2) is 33.3 Å². The lowest BCUT2D eigenvalue weighted by atomic mass is 9.95. The maximum atomic E-state index is 10.8. The Kier molecular flexibility index (Phi) is 4.11. The standard InChI is InChI=1S/C20H18N6O2/c1-20(2,3)18-23-17-6-4-5-16-21-15(22-19(24-18)25(16)17)12-9-13-7-10-14(11-8-13)26(27)28/h4-12H,1-3H3/b12-9+. The number of nitrogens with zero attached hydrogens (tertiary/aromatic N) is 6. The van der Waals surface area contributed by atoms with Gasteiger partial charge < -0.3 is 0 Å². The van der Waals surface area contributed by atoms with E-state index in [-0.39, 0.29) is 11.1 Å². The fourth-order valence-electron chi connectivity index (χ4n) is 2.75. The zero-order valence-electron chi connectivity index (χ0n) is 15.7. The molecule has 1 aromatic carbocycles. The number of guanidine groups is 1. The number of nitro benzene ring substituents is 1. The molecular formula is C20H18N6O2. The topological polar surface area (TPSA) is 95.8 Å². The lowest BCUT2D eigenvalue weighted by Crippen LogP contribution is -2.42. The van der Waals surface area contributed by atoms with Crippen LogP contribution in [0.5, 0.6) is 0 Å². The van der Waals surface area contributed by atoms with Crippen LogP contribution in [0, 0.1) is 15.5 Å². The maximum Gasteiger partial charge on any atom is 0.269 e. The number of nitro groups is 1. The minimum atomic E-state index is -0.421. The first-order chi connectivity index (χ1) is 13.3. The highest BCUT2D eigenvalue weighted by Gasteiger charge is 2.33. The lowest BCUT2D eigenvalue weighted by Gasteiger charge is -2.33. The normalized spacial score (nSPS) is 18.1. The molecule has 0 saturated carbocycles. The van der Waals surface area contributed by atoms with E-state index in [0.29, 0.717) is 23.5 Å². The van der Waals surface area contributed by atoms with Crippen LogP contribution in [0.3, 0.4) is 0 Å². The van der Waals surface area contributed by atoms with Crippen molar-refractivity contribution in [3.8, 4) is 0 Å². The van der Waals surface area contributed by atoms with Gasteiger partial charge in [0.2, 0.25) is 5.96 Å². The molecule has 0 N–H and O–H groups in total. The Balaban J connectivity index is 1.66. The third-order valence-corrected chi connectivity index (χ3v) is 4.22. The van der Waals surface area contributed by atoms with Gasteiger partial charge in [-0.1, -0.05) is 32.9 Å². The molecule has 140 valence electrons. The van der Waals surface area contributed by atoms with Gasteiger partial charge >= 0.3 is 0 Å². The third-order valence-electron chi connectivity index (χ3n) is 4.22. The number of hydrogen-bond donors (Lipinski definition) is 0. The summed E-state index contributed by atoms with van der Waals surface area (Å²) in [5.41, 5.74) is 0.665. The van der Waals surface area contributed by atoms with Gasteiger partial charge in [-0.05, 0) is 35.9 Å². The van der Waals surface area contributed by atoms with Crippen LogP contribution < -0.4 is 0 Å². The molecule has 8 nitrogen and oxygen atoms in total. The highest BCUT2D eigenvalue weighted by atomic mass is 16.6. The van der Waals surface area contributed by atoms with Crippen LogP contribution in [-0.2, 0) is 0 Å². The van der Waals surface area contributed by atoms with Crippen molar-refractivity contribution in [1.82, 2.24) is 4.90 Å². The van der Waals surface area contributed by atoms with Crippen molar-refractivity contribution in [1.29, 1.82) is 0 Å². The second-order valence-electron chi connectivity index (χ2n) is 7.44. The second-order valence-corrected chi connectivity index (χ2v) is 7.44. The van der Waals surface area contributed by atoms with E-state index >= 15 is 0 Å². The predicted octanol–water partition coefficient (Wildman–Crippen LogP) is 3.95. The molecule has 0 aliphatic carbocycles. The molecule has 1 aromatic rings. The van der Waals surface area contributed by atoms with Crippen LogP contribution >= 0.6 is 0 Å². The molecule has 28 heavy (non-hydrogen) atoms. The predicted molar refractivity (Wildman–Crippen MR) is 110 cm³/mol. The minimum absolute atomic E-state index is 0.0558. The van der Waals surface area contributed by atoms with Crippen LogP contribution in [0.1, 0.15) is 26.3 Å². The van der Waals surface area contributed by atoms with Gasteiger partial charge in [0, 0.05) is 17.5 Å². The van der Waals surface area contributed by atoms with Crippen LogP contribution in [0.15, 0.2) is 74.4 Å². The molecule has 0 radical (unpaired) electrons. The van der Waals surface area contributed by atoms with Crippen molar-refractivity contribution in [3.63, 3.8) is 0 Å². The molecule has 0 bridgehead atoms. The maximum absolute atomic E-state index is 10.8. The van der Waals surface area contributed by atoms with E-state index in [9.17, 15) is 10.1 Å². The molecule has 0 spiro atoms. The van der Waals surface area contributed by atoms with Gasteiger partial charge in [-0.2, -0.15) is 9.98 Å². The average Bonchev–Trinajstić information content (AvgIpc) is 2.66. The summed E-state index contributed by atoms with van der Waals surface area (Å²) in [5.74, 6) is 3.20. The molecule has 0 atom stereocenters. The van der Waals surface area contributed by atoms with Crippen molar-refractivity contribution in [2.45, 2.75) is 20.8 Å². The number of allylic oxidation sites excluding steroid dienone is 2. The molecule has 3 aliphatic heterocycles. The lowest BCUT2D eigenvalue weighted by molar-refractivity contribution is -0.384. The van der Waals surface area contributed by atoms with E-state index < -0.39 is 4.92 Å². The fourth-order valence-corrected chi connectivity index (χ4v) is 2.75. The summed E-state index contributed by atoms with van der Waals surface area (Å²) < 4.78 is 0. The number of amidine groups is 3. The molecule has 4 rings (SSSR count). The van der Waals surface area contributed by atoms with Crippen molar-refractivity contribution >= 4 is 35.2 Å². The number of non-ortho nitro benzene ring substituents is 1. The van der Waals surface area contributed by atoms with Gasteiger partial charge in [0.25, 0.3) is 5.69 Å². The van der Waals surface area contributed by atoms with Crippen LogP contribution in [0.2, 0.25) is 0 Å². The van der Waals surface area contributed by atoms with Crippen molar-refractivity contribution < 1.29 is 4.92 Å². The molecular weight excluding hydrogens is 356 g/mol. The first-order valence-corrected chi connectivity index (χ1v) is 8.77. The Morgan fingerprint density at radius 1 is 1.04 bits per heavy atom. The van der Waals surface area contributed by atoms with E-state index in [0.717, 1.165) is 11.4 Å². The summed E-state index contributed by atoms with van der Waals surface area (Å²) in [5, 5.41) is 10.8. The molecule has 0 amide bonds. The summed E-state index contributed by atoms with van der Waals surface area (Å²) in [6, 6.07) is 6.30. The summed E-state index contributed by atoms with van der Waals surface area (Å²) in [4.78, 5) is 30.6. The molecule has 8 heteroatoms. The molecule has 0 unspecified atom stereocenters. The first-order valence-electron chi connectivity index (χ1n) is 8.77. The summed E-state index contributed by atoms with van der Waals surface area (Å²) in [6.07, 6.45) is 9.27. The van der Waals surface area contributed by atoms with Crippen LogP contribution in [0.4, 0.5) is 5.69 Å². The van der Waals surface area contributed by atoms with Crippen LogP contribution in [0.25, 0.3) is 6.08 Å².